The second-order valence-electron chi connectivity index (χ2n) is 4.31. The molecule has 8 heteroatoms. The summed E-state index contributed by atoms with van der Waals surface area (Å²) in [5.41, 5.74) is 0.953. The van der Waals surface area contributed by atoms with Crippen LogP contribution in [0, 0.1) is 11.3 Å². The van der Waals surface area contributed by atoms with Crippen LogP contribution in [0.2, 0.25) is 10.3 Å². The molecule has 0 saturated carbocycles. The Labute approximate surface area is 131 Å². The number of halogens is 2. The van der Waals surface area contributed by atoms with Gasteiger partial charge >= 0.3 is 6.01 Å². The fourth-order valence-corrected chi connectivity index (χ4v) is 1.78. The highest BCUT2D eigenvalue weighted by atomic mass is 35.5. The van der Waals surface area contributed by atoms with Crippen LogP contribution >= 0.6 is 23.2 Å². The van der Waals surface area contributed by atoms with Crippen molar-refractivity contribution in [3.05, 3.63) is 34.1 Å². The van der Waals surface area contributed by atoms with E-state index in [-0.39, 0.29) is 23.3 Å². The minimum Gasteiger partial charge on any atom is -0.461 e. The number of benzene rings is 1. The van der Waals surface area contributed by atoms with Crippen LogP contribution in [0.4, 0.5) is 11.6 Å². The number of nitrogens with one attached hydrogen (secondary N) is 1. The lowest BCUT2D eigenvalue weighted by molar-refractivity contribution is 0.222. The second-order valence-corrected chi connectivity index (χ2v) is 5.05. The Kier molecular flexibility index (Phi) is 4.78. The van der Waals surface area contributed by atoms with Gasteiger partial charge in [0.05, 0.1) is 28.4 Å². The van der Waals surface area contributed by atoms with Gasteiger partial charge in [-0.05, 0) is 43.6 Å². The standard InChI is InChI=1S/C13H11Cl2N5O/c1-7(2)21-13-19-11(15)18-12(20-13)17-10-5-8(6-16)3-4-9(10)14/h3-5,7H,1-2H3,(H,17,18,19,20). The molecule has 0 fully saturated rings. The minimum atomic E-state index is -0.0955. The number of ether oxygens (including phenoxy) is 1. The first-order valence-electron chi connectivity index (χ1n) is 6.03. The van der Waals surface area contributed by atoms with Gasteiger partial charge < -0.3 is 10.1 Å². The zero-order valence-electron chi connectivity index (χ0n) is 11.3. The van der Waals surface area contributed by atoms with Gasteiger partial charge in [0.2, 0.25) is 11.2 Å². The third-order valence-electron chi connectivity index (χ3n) is 2.27. The van der Waals surface area contributed by atoms with Gasteiger partial charge in [0, 0.05) is 0 Å². The second kappa shape index (κ2) is 6.57. The number of rotatable bonds is 4. The SMILES string of the molecule is CC(C)Oc1nc(Cl)nc(Nc2cc(C#N)ccc2Cl)n1. The average molecular weight is 324 g/mol. The van der Waals surface area contributed by atoms with Crippen molar-refractivity contribution in [2.45, 2.75) is 20.0 Å². The lowest BCUT2D eigenvalue weighted by atomic mass is 10.2. The molecule has 21 heavy (non-hydrogen) atoms. The third kappa shape index (κ3) is 4.18. The largest absolute Gasteiger partial charge is 0.461 e. The van der Waals surface area contributed by atoms with Gasteiger partial charge in [-0.2, -0.15) is 20.2 Å². The van der Waals surface area contributed by atoms with Gasteiger partial charge in [-0.15, -0.1) is 0 Å². The molecule has 0 unspecified atom stereocenters. The number of nitriles is 1. The van der Waals surface area contributed by atoms with Crippen LogP contribution < -0.4 is 10.1 Å². The van der Waals surface area contributed by atoms with E-state index in [0.717, 1.165) is 0 Å². The molecular formula is C13H11Cl2N5O. The lowest BCUT2D eigenvalue weighted by Crippen LogP contribution is -2.10. The maximum absolute atomic E-state index is 8.90. The van der Waals surface area contributed by atoms with Crippen LogP contribution in [0.5, 0.6) is 6.01 Å². The topological polar surface area (TPSA) is 83.7 Å². The van der Waals surface area contributed by atoms with Crippen molar-refractivity contribution >= 4 is 34.8 Å². The van der Waals surface area contributed by atoms with E-state index in [0.29, 0.717) is 16.3 Å². The van der Waals surface area contributed by atoms with Gasteiger partial charge in [-0.3, -0.25) is 0 Å². The van der Waals surface area contributed by atoms with E-state index in [2.05, 4.69) is 20.3 Å². The van der Waals surface area contributed by atoms with Crippen molar-refractivity contribution in [3.8, 4) is 12.1 Å². The van der Waals surface area contributed by atoms with E-state index < -0.39 is 0 Å². The molecule has 2 aromatic rings. The van der Waals surface area contributed by atoms with Crippen molar-refractivity contribution in [2.75, 3.05) is 5.32 Å². The van der Waals surface area contributed by atoms with Crippen LogP contribution in [-0.4, -0.2) is 21.1 Å². The molecular weight excluding hydrogens is 313 g/mol. The molecule has 0 aliphatic carbocycles. The normalized spacial score (nSPS) is 10.3. The molecule has 2 rings (SSSR count). The summed E-state index contributed by atoms with van der Waals surface area (Å²) >= 11 is 11.9. The molecule has 0 saturated heterocycles. The van der Waals surface area contributed by atoms with Crippen LogP contribution in [0.25, 0.3) is 0 Å². The molecule has 0 bridgehead atoms. The number of aromatic nitrogens is 3. The van der Waals surface area contributed by atoms with Crippen LogP contribution in [0.3, 0.4) is 0 Å². The molecule has 1 aromatic heterocycles. The number of hydrogen-bond acceptors (Lipinski definition) is 6. The molecule has 0 atom stereocenters. The first-order chi connectivity index (χ1) is 9.97. The fourth-order valence-electron chi connectivity index (χ4n) is 1.46. The van der Waals surface area contributed by atoms with E-state index in [1.165, 1.54) is 0 Å². The Hall–Kier alpha value is -2.10. The molecule has 1 heterocycles. The highest BCUT2D eigenvalue weighted by Gasteiger charge is 2.10. The molecule has 0 spiro atoms. The summed E-state index contributed by atoms with van der Waals surface area (Å²) in [4.78, 5) is 11.9. The van der Waals surface area contributed by atoms with Crippen LogP contribution in [0.15, 0.2) is 18.2 Å². The Morgan fingerprint density at radius 2 is 2.00 bits per heavy atom. The van der Waals surface area contributed by atoms with E-state index >= 15 is 0 Å². The van der Waals surface area contributed by atoms with E-state index in [9.17, 15) is 0 Å². The van der Waals surface area contributed by atoms with Gasteiger partial charge in [0.15, 0.2) is 0 Å². The maximum Gasteiger partial charge on any atom is 0.322 e. The summed E-state index contributed by atoms with van der Waals surface area (Å²) in [6, 6.07) is 6.94. The van der Waals surface area contributed by atoms with E-state index in [4.69, 9.17) is 33.2 Å². The molecule has 0 aliphatic heterocycles. The van der Waals surface area contributed by atoms with E-state index in [1.807, 2.05) is 19.9 Å². The fraction of sp³-hybridized carbons (Fsp3) is 0.231. The van der Waals surface area contributed by atoms with Crippen molar-refractivity contribution in [1.29, 1.82) is 5.26 Å². The average Bonchev–Trinajstić information content (AvgIpc) is 2.39. The Bertz CT molecular complexity index is 699. The van der Waals surface area contributed by atoms with Gasteiger partial charge in [0.1, 0.15) is 0 Å². The first kappa shape index (κ1) is 15.3. The first-order valence-corrected chi connectivity index (χ1v) is 6.78. The molecule has 1 aromatic carbocycles. The summed E-state index contributed by atoms with van der Waals surface area (Å²) in [6.07, 6.45) is -0.0955. The molecule has 0 amide bonds. The third-order valence-corrected chi connectivity index (χ3v) is 2.77. The zero-order valence-corrected chi connectivity index (χ0v) is 12.8. The van der Waals surface area contributed by atoms with Gasteiger partial charge in [0.25, 0.3) is 0 Å². The number of anilines is 2. The van der Waals surface area contributed by atoms with E-state index in [1.54, 1.807) is 18.2 Å². The maximum atomic E-state index is 8.90. The molecule has 1 N–H and O–H groups in total. The van der Waals surface area contributed by atoms with Crippen molar-refractivity contribution in [1.82, 2.24) is 15.0 Å². The quantitative estimate of drug-likeness (QED) is 0.925. The summed E-state index contributed by atoms with van der Waals surface area (Å²) in [7, 11) is 0. The predicted octanol–water partition coefficient (Wildman–Crippen LogP) is 3.58. The Balaban J connectivity index is 2.31. The molecule has 0 radical (unpaired) electrons. The van der Waals surface area contributed by atoms with Crippen LogP contribution in [-0.2, 0) is 0 Å². The molecule has 0 aliphatic rings. The summed E-state index contributed by atoms with van der Waals surface area (Å²) in [6.45, 7) is 3.69. The Morgan fingerprint density at radius 1 is 1.24 bits per heavy atom. The predicted molar refractivity (Wildman–Crippen MR) is 80.1 cm³/mol. The van der Waals surface area contributed by atoms with Crippen molar-refractivity contribution < 1.29 is 4.74 Å². The highest BCUT2D eigenvalue weighted by molar-refractivity contribution is 6.33. The number of hydrogen-bond donors (Lipinski definition) is 1. The van der Waals surface area contributed by atoms with Crippen molar-refractivity contribution in [2.24, 2.45) is 0 Å². The minimum absolute atomic E-state index is 0.00397. The Morgan fingerprint density at radius 3 is 2.67 bits per heavy atom. The van der Waals surface area contributed by atoms with Crippen molar-refractivity contribution in [3.63, 3.8) is 0 Å². The smallest absolute Gasteiger partial charge is 0.322 e. The zero-order chi connectivity index (χ0) is 15.4. The molecule has 6 nitrogen and oxygen atoms in total. The summed E-state index contributed by atoms with van der Waals surface area (Å²) in [5, 5.41) is 12.2. The van der Waals surface area contributed by atoms with Gasteiger partial charge in [-0.1, -0.05) is 11.6 Å². The van der Waals surface area contributed by atoms with Gasteiger partial charge in [-0.25, -0.2) is 0 Å². The monoisotopic (exact) mass is 323 g/mol. The number of nitrogens with zero attached hydrogens (tertiary/aromatic N) is 4. The summed E-state index contributed by atoms with van der Waals surface area (Å²) in [5.74, 6) is 0.183. The molecule has 108 valence electrons. The summed E-state index contributed by atoms with van der Waals surface area (Å²) < 4.78 is 5.38. The highest BCUT2D eigenvalue weighted by Crippen LogP contribution is 2.26. The van der Waals surface area contributed by atoms with Crippen LogP contribution in [0.1, 0.15) is 19.4 Å². The lowest BCUT2D eigenvalue weighted by Gasteiger charge is -2.10.